The molecule has 2 aromatic rings. The molecule has 0 bridgehead atoms. The van der Waals surface area contributed by atoms with Gasteiger partial charge in [-0.05, 0) is 49.3 Å². The topological polar surface area (TPSA) is 130 Å². The first kappa shape index (κ1) is 20.6. The normalized spacial score (nSPS) is 14.4. The number of hydrogen-bond acceptors (Lipinski definition) is 7. The minimum Gasteiger partial charge on any atom is -0.480 e. The zero-order valence-corrected chi connectivity index (χ0v) is 16.3. The summed E-state index contributed by atoms with van der Waals surface area (Å²) in [4.78, 5) is 33.4. The molecule has 9 nitrogen and oxygen atoms in total. The van der Waals surface area contributed by atoms with Gasteiger partial charge in [-0.1, -0.05) is 0 Å². The van der Waals surface area contributed by atoms with Crippen LogP contribution in [0.4, 0.5) is 5.95 Å². The number of nitrogens with one attached hydrogen (secondary N) is 1. The molecule has 0 spiro atoms. The van der Waals surface area contributed by atoms with E-state index in [9.17, 15) is 18.0 Å². The quantitative estimate of drug-likeness (QED) is 0.487. The Morgan fingerprint density at radius 2 is 1.72 bits per heavy atom. The molecule has 2 N–H and O–H groups in total. The molecule has 0 amide bonds. The number of rotatable bonds is 8. The summed E-state index contributed by atoms with van der Waals surface area (Å²) in [7, 11) is -3.94. The number of sulfonamides is 1. The van der Waals surface area contributed by atoms with Gasteiger partial charge in [0.25, 0.3) is 0 Å². The minimum atomic E-state index is -3.94. The van der Waals surface area contributed by atoms with Gasteiger partial charge in [-0.25, -0.2) is 18.4 Å². The molecule has 1 aromatic heterocycles. The third-order valence-corrected chi connectivity index (χ3v) is 5.75. The van der Waals surface area contributed by atoms with Crippen molar-refractivity contribution < 1.29 is 23.1 Å². The molecule has 2 heterocycles. The van der Waals surface area contributed by atoms with Gasteiger partial charge in [0.2, 0.25) is 16.0 Å². The molecule has 0 atom stereocenters. The first-order chi connectivity index (χ1) is 13.8. The van der Waals surface area contributed by atoms with Crippen LogP contribution in [0.15, 0.2) is 47.6 Å². The second-order valence-corrected chi connectivity index (χ2v) is 8.22. The smallest absolute Gasteiger partial charge is 0.318 e. The molecule has 3 rings (SSSR count). The SMILES string of the molecule is O=C(O)CNS(=O)(=O)c1ccc(C(=O)/C=C/c2cnc(N3CCCC3)nc2)cc1. The number of carbonyl (C=O) groups excluding carboxylic acids is 1. The molecular formula is C19H20N4O5S. The molecule has 1 fully saturated rings. The van der Waals surface area contributed by atoms with E-state index in [2.05, 4.69) is 14.9 Å². The van der Waals surface area contributed by atoms with Crippen LogP contribution < -0.4 is 9.62 Å². The van der Waals surface area contributed by atoms with Gasteiger partial charge in [0, 0.05) is 36.6 Å². The van der Waals surface area contributed by atoms with E-state index < -0.39 is 22.5 Å². The number of allylic oxidation sites excluding steroid dienone is 1. The van der Waals surface area contributed by atoms with Crippen molar-refractivity contribution in [3.8, 4) is 0 Å². The largest absolute Gasteiger partial charge is 0.480 e. The summed E-state index contributed by atoms with van der Waals surface area (Å²) in [5.41, 5.74) is 0.978. The third kappa shape index (κ3) is 5.46. The minimum absolute atomic E-state index is 0.120. The van der Waals surface area contributed by atoms with Crippen molar-refractivity contribution in [2.24, 2.45) is 0 Å². The Morgan fingerprint density at radius 3 is 2.31 bits per heavy atom. The number of ketones is 1. The van der Waals surface area contributed by atoms with Gasteiger partial charge in [-0.15, -0.1) is 0 Å². The van der Waals surface area contributed by atoms with Gasteiger partial charge in [-0.2, -0.15) is 4.72 Å². The summed E-state index contributed by atoms with van der Waals surface area (Å²) < 4.78 is 25.9. The number of carboxylic acids is 1. The number of nitrogens with zero attached hydrogens (tertiary/aromatic N) is 3. The molecule has 152 valence electrons. The molecular weight excluding hydrogens is 396 g/mol. The second-order valence-electron chi connectivity index (χ2n) is 6.45. The number of benzene rings is 1. The first-order valence-corrected chi connectivity index (χ1v) is 10.4. The zero-order valence-electron chi connectivity index (χ0n) is 15.5. The molecule has 1 aliphatic rings. The molecule has 0 saturated carbocycles. The maximum atomic E-state index is 12.3. The van der Waals surface area contributed by atoms with Crippen molar-refractivity contribution in [1.29, 1.82) is 0 Å². The summed E-state index contributed by atoms with van der Waals surface area (Å²) >= 11 is 0. The average molecular weight is 416 g/mol. The van der Waals surface area contributed by atoms with Crippen LogP contribution in [0.1, 0.15) is 28.8 Å². The van der Waals surface area contributed by atoms with Gasteiger partial charge in [0.05, 0.1) is 4.90 Å². The Kier molecular flexibility index (Phi) is 6.35. The molecule has 29 heavy (non-hydrogen) atoms. The number of aromatic nitrogens is 2. The lowest BCUT2D eigenvalue weighted by Gasteiger charge is -2.14. The summed E-state index contributed by atoms with van der Waals surface area (Å²) in [6.45, 7) is 1.18. The van der Waals surface area contributed by atoms with E-state index in [1.54, 1.807) is 18.5 Å². The fourth-order valence-corrected chi connectivity index (χ4v) is 3.78. The second kappa shape index (κ2) is 8.93. The van der Waals surface area contributed by atoms with Crippen molar-refractivity contribution in [3.63, 3.8) is 0 Å². The van der Waals surface area contributed by atoms with Gasteiger partial charge < -0.3 is 10.0 Å². The highest BCUT2D eigenvalue weighted by Crippen LogP contribution is 2.16. The Morgan fingerprint density at radius 1 is 1.10 bits per heavy atom. The molecule has 1 aromatic carbocycles. The van der Waals surface area contributed by atoms with E-state index in [-0.39, 0.29) is 10.7 Å². The van der Waals surface area contributed by atoms with Gasteiger partial charge in [0.1, 0.15) is 6.54 Å². The average Bonchev–Trinajstić information content (AvgIpc) is 3.26. The highest BCUT2D eigenvalue weighted by Gasteiger charge is 2.16. The summed E-state index contributed by atoms with van der Waals surface area (Å²) in [5.74, 6) is -0.918. The van der Waals surface area contributed by atoms with E-state index >= 15 is 0 Å². The van der Waals surface area contributed by atoms with Crippen molar-refractivity contribution in [2.75, 3.05) is 24.5 Å². The number of hydrogen-bond donors (Lipinski definition) is 2. The lowest BCUT2D eigenvalue weighted by molar-refractivity contribution is -0.135. The van der Waals surface area contributed by atoms with E-state index in [0.717, 1.165) is 25.9 Å². The van der Waals surface area contributed by atoms with E-state index in [0.29, 0.717) is 17.1 Å². The third-order valence-electron chi connectivity index (χ3n) is 4.34. The van der Waals surface area contributed by atoms with Gasteiger partial charge >= 0.3 is 5.97 Å². The van der Waals surface area contributed by atoms with Crippen LogP contribution in [0, 0.1) is 0 Å². The highest BCUT2D eigenvalue weighted by atomic mass is 32.2. The molecule has 0 aliphatic carbocycles. The van der Waals surface area contributed by atoms with Crippen LogP contribution in [0.2, 0.25) is 0 Å². The molecule has 10 heteroatoms. The zero-order chi connectivity index (χ0) is 20.9. The van der Waals surface area contributed by atoms with Crippen LogP contribution in [0.5, 0.6) is 0 Å². The van der Waals surface area contributed by atoms with Crippen LogP contribution in [-0.2, 0) is 14.8 Å². The Bertz CT molecular complexity index is 1010. The van der Waals surface area contributed by atoms with Crippen LogP contribution in [0.25, 0.3) is 6.08 Å². The van der Waals surface area contributed by atoms with Crippen LogP contribution in [0.3, 0.4) is 0 Å². The molecule has 1 aliphatic heterocycles. The number of aliphatic carboxylic acids is 1. The Labute approximate surface area is 168 Å². The summed E-state index contributed by atoms with van der Waals surface area (Å²) in [6.07, 6.45) is 8.52. The maximum absolute atomic E-state index is 12.3. The number of carbonyl (C=O) groups is 2. The fourth-order valence-electron chi connectivity index (χ4n) is 2.80. The van der Waals surface area contributed by atoms with Crippen molar-refractivity contribution in [1.82, 2.24) is 14.7 Å². The monoisotopic (exact) mass is 416 g/mol. The fraction of sp³-hybridized carbons (Fsp3) is 0.263. The molecule has 0 unspecified atom stereocenters. The maximum Gasteiger partial charge on any atom is 0.318 e. The Hall–Kier alpha value is -3.11. The van der Waals surface area contributed by atoms with Gasteiger partial charge in [-0.3, -0.25) is 9.59 Å². The predicted molar refractivity (Wildman–Crippen MR) is 106 cm³/mol. The van der Waals surface area contributed by atoms with Crippen LogP contribution in [-0.4, -0.2) is 54.9 Å². The standard InChI is InChI=1S/C19H20N4O5S/c24-17(8-3-14-11-20-19(21-12-14)23-9-1-2-10-23)15-4-6-16(7-5-15)29(27,28)22-13-18(25)26/h3-8,11-12,22H,1-2,9-10,13H2,(H,25,26)/b8-3+. The molecule has 1 saturated heterocycles. The lowest BCUT2D eigenvalue weighted by atomic mass is 10.1. The van der Waals surface area contributed by atoms with Crippen molar-refractivity contribution in [3.05, 3.63) is 53.9 Å². The number of carboxylic acid groups (broad SMARTS) is 1. The number of anilines is 1. The predicted octanol–water partition coefficient (Wildman–Crippen LogP) is 1.34. The van der Waals surface area contributed by atoms with Crippen LogP contribution >= 0.6 is 0 Å². The highest BCUT2D eigenvalue weighted by molar-refractivity contribution is 7.89. The van der Waals surface area contributed by atoms with E-state index in [1.807, 2.05) is 4.72 Å². The lowest BCUT2D eigenvalue weighted by Crippen LogP contribution is -2.29. The van der Waals surface area contributed by atoms with E-state index in [1.165, 1.54) is 30.3 Å². The summed E-state index contributed by atoms with van der Waals surface area (Å²) in [6, 6.07) is 5.24. The van der Waals surface area contributed by atoms with E-state index in [4.69, 9.17) is 5.11 Å². The molecule has 0 radical (unpaired) electrons. The Balaban J connectivity index is 1.63. The van der Waals surface area contributed by atoms with Crippen molar-refractivity contribution >= 4 is 33.8 Å². The van der Waals surface area contributed by atoms with Crippen molar-refractivity contribution in [2.45, 2.75) is 17.7 Å². The first-order valence-electron chi connectivity index (χ1n) is 8.96. The van der Waals surface area contributed by atoms with Gasteiger partial charge in [0.15, 0.2) is 5.78 Å². The summed E-state index contributed by atoms with van der Waals surface area (Å²) in [5, 5.41) is 8.57.